The lowest BCUT2D eigenvalue weighted by molar-refractivity contribution is 0.268. The molecule has 1 aromatic heterocycles. The van der Waals surface area contributed by atoms with E-state index in [1.54, 1.807) is 0 Å². The molecule has 1 aliphatic carbocycles. The first-order valence-corrected chi connectivity index (χ1v) is 6.74. The number of hydrogen-bond acceptors (Lipinski definition) is 2. The first-order chi connectivity index (χ1) is 8.50. The summed E-state index contributed by atoms with van der Waals surface area (Å²) in [6.45, 7) is 6.82. The van der Waals surface area contributed by atoms with Gasteiger partial charge in [-0.3, -0.25) is 0 Å². The van der Waals surface area contributed by atoms with Crippen molar-refractivity contribution in [3.05, 3.63) is 23.8 Å². The minimum atomic E-state index is 0.310. The molecule has 18 heavy (non-hydrogen) atoms. The molecule has 0 spiro atoms. The minimum Gasteiger partial charge on any atom is -0.369 e. The summed E-state index contributed by atoms with van der Waals surface area (Å²) in [5.74, 6) is 0.666. The van der Waals surface area contributed by atoms with Crippen molar-refractivity contribution in [2.24, 2.45) is 5.41 Å². The molecular weight excluding hydrogens is 222 g/mol. The number of aryl methyl sites for hydroxylation is 1. The maximum Gasteiger partial charge on any atom is 0.201 e. The maximum absolute atomic E-state index is 6.18. The van der Waals surface area contributed by atoms with Gasteiger partial charge < -0.3 is 10.3 Å². The lowest BCUT2D eigenvalue weighted by atomic mass is 9.87. The molecule has 1 saturated carbocycles. The van der Waals surface area contributed by atoms with Gasteiger partial charge in [-0.05, 0) is 36.8 Å². The third kappa shape index (κ3) is 1.53. The Morgan fingerprint density at radius 3 is 2.83 bits per heavy atom. The summed E-state index contributed by atoms with van der Waals surface area (Å²) in [7, 11) is 0. The minimum absolute atomic E-state index is 0.310. The van der Waals surface area contributed by atoms with Crippen LogP contribution in [0.2, 0.25) is 0 Å². The van der Waals surface area contributed by atoms with E-state index in [2.05, 4.69) is 42.5 Å². The first kappa shape index (κ1) is 11.6. The van der Waals surface area contributed by atoms with Gasteiger partial charge in [-0.15, -0.1) is 0 Å². The fourth-order valence-electron chi connectivity index (χ4n) is 3.44. The van der Waals surface area contributed by atoms with Crippen LogP contribution in [0.1, 0.15) is 44.7 Å². The third-order valence-corrected chi connectivity index (χ3v) is 4.45. The molecule has 3 heteroatoms. The second-order valence-corrected chi connectivity index (χ2v) is 6.18. The van der Waals surface area contributed by atoms with E-state index < -0.39 is 0 Å². The molecule has 3 rings (SSSR count). The fourth-order valence-corrected chi connectivity index (χ4v) is 3.44. The fraction of sp³-hybridized carbons (Fsp3) is 0.533. The van der Waals surface area contributed by atoms with E-state index in [4.69, 9.17) is 5.73 Å². The topological polar surface area (TPSA) is 43.8 Å². The van der Waals surface area contributed by atoms with Crippen molar-refractivity contribution in [2.75, 3.05) is 5.73 Å². The van der Waals surface area contributed by atoms with E-state index >= 15 is 0 Å². The molecule has 0 radical (unpaired) electrons. The number of hydrogen-bond donors (Lipinski definition) is 1. The van der Waals surface area contributed by atoms with Crippen molar-refractivity contribution in [3.8, 4) is 0 Å². The van der Waals surface area contributed by atoms with Crippen LogP contribution in [0.4, 0.5) is 5.95 Å². The van der Waals surface area contributed by atoms with Crippen molar-refractivity contribution in [1.82, 2.24) is 9.55 Å². The summed E-state index contributed by atoms with van der Waals surface area (Å²) in [5, 5.41) is 0. The van der Waals surface area contributed by atoms with E-state index in [1.807, 2.05) is 6.07 Å². The van der Waals surface area contributed by atoms with Gasteiger partial charge in [0.2, 0.25) is 5.95 Å². The number of rotatable bonds is 1. The number of nitrogen functional groups attached to an aromatic ring is 1. The van der Waals surface area contributed by atoms with Crippen molar-refractivity contribution in [2.45, 2.75) is 46.1 Å². The van der Waals surface area contributed by atoms with Gasteiger partial charge in [-0.1, -0.05) is 32.4 Å². The highest BCUT2D eigenvalue weighted by atomic mass is 15.2. The van der Waals surface area contributed by atoms with Crippen LogP contribution >= 0.6 is 0 Å². The second-order valence-electron chi connectivity index (χ2n) is 6.18. The lowest BCUT2D eigenvalue weighted by Gasteiger charge is -2.29. The standard InChI is InChI=1S/C15H21N3/c1-10-6-4-7-11-13(10)18(14(16)17-11)12-8-5-9-15(12,2)3/h4,6-7,12H,5,8-9H2,1-3H3,(H2,16,17). The van der Waals surface area contributed by atoms with Crippen LogP contribution < -0.4 is 5.73 Å². The van der Waals surface area contributed by atoms with Gasteiger partial charge in [-0.25, -0.2) is 4.98 Å². The number of aromatic nitrogens is 2. The summed E-state index contributed by atoms with van der Waals surface area (Å²) in [6.07, 6.45) is 3.75. The molecular formula is C15H21N3. The zero-order valence-electron chi connectivity index (χ0n) is 11.4. The molecule has 96 valence electrons. The number of nitrogens with zero attached hydrogens (tertiary/aromatic N) is 2. The first-order valence-electron chi connectivity index (χ1n) is 6.74. The summed E-state index contributed by atoms with van der Waals surface area (Å²) in [6, 6.07) is 6.72. The van der Waals surface area contributed by atoms with Gasteiger partial charge in [0, 0.05) is 6.04 Å². The predicted molar refractivity (Wildman–Crippen MR) is 75.6 cm³/mol. The Morgan fingerprint density at radius 2 is 2.17 bits per heavy atom. The molecule has 0 aliphatic heterocycles. The van der Waals surface area contributed by atoms with E-state index in [0.29, 0.717) is 17.4 Å². The number of imidazole rings is 1. The van der Waals surface area contributed by atoms with Crippen molar-refractivity contribution in [1.29, 1.82) is 0 Å². The predicted octanol–water partition coefficient (Wildman–Crippen LogP) is 3.68. The average Bonchev–Trinajstić information content (AvgIpc) is 2.78. The van der Waals surface area contributed by atoms with Gasteiger partial charge in [0.1, 0.15) is 0 Å². The Balaban J connectivity index is 2.26. The number of nitrogens with two attached hydrogens (primary N) is 1. The number of benzene rings is 1. The molecule has 0 saturated heterocycles. The van der Waals surface area contributed by atoms with Crippen LogP contribution in [0, 0.1) is 12.3 Å². The van der Waals surface area contributed by atoms with Crippen LogP contribution in [0.5, 0.6) is 0 Å². The molecule has 2 aromatic rings. The van der Waals surface area contributed by atoms with E-state index in [0.717, 1.165) is 5.52 Å². The maximum atomic E-state index is 6.18. The van der Waals surface area contributed by atoms with E-state index in [9.17, 15) is 0 Å². The Morgan fingerprint density at radius 1 is 1.39 bits per heavy atom. The molecule has 0 bridgehead atoms. The molecule has 1 fully saturated rings. The van der Waals surface area contributed by atoms with E-state index in [1.165, 1.54) is 30.3 Å². The van der Waals surface area contributed by atoms with Crippen molar-refractivity contribution >= 4 is 17.0 Å². The third-order valence-electron chi connectivity index (χ3n) is 4.45. The molecule has 2 N–H and O–H groups in total. The Kier molecular flexibility index (Phi) is 2.40. The number of para-hydroxylation sites is 1. The highest BCUT2D eigenvalue weighted by Gasteiger charge is 2.37. The Bertz CT molecular complexity index is 595. The van der Waals surface area contributed by atoms with Gasteiger partial charge in [0.25, 0.3) is 0 Å². The average molecular weight is 243 g/mol. The van der Waals surface area contributed by atoms with Crippen LogP contribution in [0.25, 0.3) is 11.0 Å². The summed E-state index contributed by atoms with van der Waals surface area (Å²) in [4.78, 5) is 4.52. The number of fused-ring (bicyclic) bond motifs is 1. The summed E-state index contributed by atoms with van der Waals surface area (Å²) < 4.78 is 2.28. The van der Waals surface area contributed by atoms with Gasteiger partial charge in [0.15, 0.2) is 0 Å². The highest BCUT2D eigenvalue weighted by Crippen LogP contribution is 2.48. The SMILES string of the molecule is Cc1cccc2nc(N)n(C3CCCC3(C)C)c12. The highest BCUT2D eigenvalue weighted by molar-refractivity contribution is 5.81. The molecule has 0 amide bonds. The monoisotopic (exact) mass is 243 g/mol. The zero-order chi connectivity index (χ0) is 12.9. The largest absolute Gasteiger partial charge is 0.369 e. The van der Waals surface area contributed by atoms with Gasteiger partial charge in [0.05, 0.1) is 11.0 Å². The van der Waals surface area contributed by atoms with Crippen molar-refractivity contribution < 1.29 is 0 Å². The smallest absolute Gasteiger partial charge is 0.201 e. The van der Waals surface area contributed by atoms with Gasteiger partial charge in [-0.2, -0.15) is 0 Å². The summed E-state index contributed by atoms with van der Waals surface area (Å²) >= 11 is 0. The van der Waals surface area contributed by atoms with Crippen LogP contribution in [-0.4, -0.2) is 9.55 Å². The lowest BCUT2D eigenvalue weighted by Crippen LogP contribution is -2.23. The number of anilines is 1. The summed E-state index contributed by atoms with van der Waals surface area (Å²) in [5.41, 5.74) is 9.99. The Labute approximate surface area is 108 Å². The van der Waals surface area contributed by atoms with Crippen LogP contribution in [0.15, 0.2) is 18.2 Å². The Hall–Kier alpha value is -1.51. The molecule has 1 unspecified atom stereocenters. The zero-order valence-corrected chi connectivity index (χ0v) is 11.4. The van der Waals surface area contributed by atoms with Gasteiger partial charge >= 0.3 is 0 Å². The van der Waals surface area contributed by atoms with Crippen LogP contribution in [-0.2, 0) is 0 Å². The molecule has 1 heterocycles. The molecule has 1 atom stereocenters. The molecule has 1 aromatic carbocycles. The quantitative estimate of drug-likeness (QED) is 0.830. The molecule has 1 aliphatic rings. The molecule has 3 nitrogen and oxygen atoms in total. The van der Waals surface area contributed by atoms with Crippen molar-refractivity contribution in [3.63, 3.8) is 0 Å². The second kappa shape index (κ2) is 3.74. The van der Waals surface area contributed by atoms with E-state index in [-0.39, 0.29) is 0 Å². The normalized spacial score (nSPS) is 22.7. The van der Waals surface area contributed by atoms with Crippen LogP contribution in [0.3, 0.4) is 0 Å².